The van der Waals surface area contributed by atoms with Gasteiger partial charge < -0.3 is 10.4 Å². The summed E-state index contributed by atoms with van der Waals surface area (Å²) in [5.41, 5.74) is 1.05. The van der Waals surface area contributed by atoms with E-state index in [4.69, 9.17) is 5.11 Å². The molecule has 0 aromatic heterocycles. The molecular formula is C15H19NO3. The number of carbonyl (C=O) groups is 2. The second-order valence-corrected chi connectivity index (χ2v) is 5.43. The summed E-state index contributed by atoms with van der Waals surface area (Å²) < 4.78 is 0. The molecule has 2 N–H and O–H groups in total. The number of hydrogen-bond acceptors (Lipinski definition) is 2. The van der Waals surface area contributed by atoms with Gasteiger partial charge in [-0.25, -0.2) is 0 Å². The zero-order valence-electron chi connectivity index (χ0n) is 11.2. The molecule has 0 saturated heterocycles. The van der Waals surface area contributed by atoms with Crippen LogP contribution in [-0.4, -0.2) is 17.0 Å². The number of amides is 1. The molecule has 1 unspecified atom stereocenters. The first-order valence-electron chi connectivity index (χ1n) is 6.59. The van der Waals surface area contributed by atoms with Crippen molar-refractivity contribution in [1.29, 1.82) is 0 Å². The van der Waals surface area contributed by atoms with E-state index in [2.05, 4.69) is 5.32 Å². The van der Waals surface area contributed by atoms with Gasteiger partial charge in [-0.05, 0) is 17.9 Å². The van der Waals surface area contributed by atoms with Crippen LogP contribution in [0.3, 0.4) is 0 Å². The molecule has 1 aromatic carbocycles. The van der Waals surface area contributed by atoms with Gasteiger partial charge in [-0.2, -0.15) is 0 Å². The highest BCUT2D eigenvalue weighted by Crippen LogP contribution is 2.39. The fourth-order valence-corrected chi connectivity index (χ4v) is 2.31. The Morgan fingerprint density at radius 1 is 1.21 bits per heavy atom. The quantitative estimate of drug-likeness (QED) is 0.854. The third-order valence-corrected chi connectivity index (χ3v) is 3.57. The van der Waals surface area contributed by atoms with Crippen LogP contribution in [0.15, 0.2) is 30.3 Å². The van der Waals surface area contributed by atoms with Crippen molar-refractivity contribution in [3.05, 3.63) is 35.9 Å². The lowest BCUT2D eigenvalue weighted by molar-refractivity contribution is -0.140. The number of carbonyl (C=O) groups excluding carboxylic acids is 1. The highest BCUT2D eigenvalue weighted by Gasteiger charge is 2.48. The molecule has 19 heavy (non-hydrogen) atoms. The van der Waals surface area contributed by atoms with E-state index in [1.165, 1.54) is 0 Å². The Kier molecular flexibility index (Phi) is 3.88. The Hall–Kier alpha value is -1.84. The van der Waals surface area contributed by atoms with Gasteiger partial charge in [-0.3, -0.25) is 9.59 Å². The molecule has 0 radical (unpaired) electrons. The molecule has 1 saturated carbocycles. The van der Waals surface area contributed by atoms with Crippen LogP contribution in [0.2, 0.25) is 0 Å². The summed E-state index contributed by atoms with van der Waals surface area (Å²) in [4.78, 5) is 22.8. The molecule has 1 amide bonds. The molecule has 0 heterocycles. The van der Waals surface area contributed by atoms with Crippen molar-refractivity contribution >= 4 is 11.9 Å². The number of carboxylic acids is 1. The Balaban J connectivity index is 2.03. The number of rotatable bonds is 5. The van der Waals surface area contributed by atoms with Crippen molar-refractivity contribution in [3.8, 4) is 0 Å². The highest BCUT2D eigenvalue weighted by molar-refractivity contribution is 5.89. The van der Waals surface area contributed by atoms with Crippen LogP contribution in [0.25, 0.3) is 0 Å². The van der Waals surface area contributed by atoms with Crippen molar-refractivity contribution in [2.24, 2.45) is 17.8 Å². The van der Waals surface area contributed by atoms with Crippen LogP contribution in [-0.2, 0) is 9.59 Å². The van der Waals surface area contributed by atoms with E-state index < -0.39 is 11.9 Å². The lowest BCUT2D eigenvalue weighted by atomic mass is 9.96. The third-order valence-electron chi connectivity index (χ3n) is 3.57. The van der Waals surface area contributed by atoms with Crippen LogP contribution in [0.5, 0.6) is 0 Å². The van der Waals surface area contributed by atoms with Gasteiger partial charge in [-0.1, -0.05) is 44.2 Å². The Morgan fingerprint density at radius 3 is 2.32 bits per heavy atom. The average molecular weight is 261 g/mol. The largest absolute Gasteiger partial charge is 0.481 e. The molecule has 0 aliphatic heterocycles. The average Bonchev–Trinajstić information content (AvgIpc) is 3.16. The molecule has 1 aliphatic rings. The summed E-state index contributed by atoms with van der Waals surface area (Å²) in [5.74, 6) is -1.62. The minimum atomic E-state index is -0.874. The van der Waals surface area contributed by atoms with Crippen LogP contribution in [0, 0.1) is 17.8 Å². The Labute approximate surface area is 112 Å². The molecular weight excluding hydrogens is 242 g/mol. The topological polar surface area (TPSA) is 66.4 Å². The molecule has 0 spiro atoms. The first kappa shape index (κ1) is 13.6. The zero-order chi connectivity index (χ0) is 14.0. The van der Waals surface area contributed by atoms with Crippen molar-refractivity contribution in [1.82, 2.24) is 5.32 Å². The van der Waals surface area contributed by atoms with Crippen LogP contribution in [0.1, 0.15) is 31.9 Å². The predicted octanol–water partition coefficient (Wildman–Crippen LogP) is 2.22. The summed E-state index contributed by atoms with van der Waals surface area (Å²) >= 11 is 0. The zero-order valence-corrected chi connectivity index (χ0v) is 11.2. The van der Waals surface area contributed by atoms with Crippen molar-refractivity contribution in [3.63, 3.8) is 0 Å². The van der Waals surface area contributed by atoms with Gasteiger partial charge in [0.25, 0.3) is 0 Å². The van der Waals surface area contributed by atoms with Gasteiger partial charge in [0.05, 0.1) is 17.9 Å². The van der Waals surface area contributed by atoms with E-state index in [1.54, 1.807) is 0 Å². The summed E-state index contributed by atoms with van der Waals surface area (Å²) in [5, 5.41) is 11.8. The first-order chi connectivity index (χ1) is 9.00. The van der Waals surface area contributed by atoms with E-state index in [9.17, 15) is 9.59 Å². The molecule has 1 fully saturated rings. The standard InChI is InChI=1S/C15H19NO3/c1-9(2)13(10-6-4-3-5-7-10)16-14(17)11-8-12(11)15(18)19/h3-7,9,11-13H,8H2,1-2H3,(H,16,17)(H,18,19)/t11-,12+,13?/m1/s1. The Morgan fingerprint density at radius 2 is 1.84 bits per heavy atom. The van der Waals surface area contributed by atoms with E-state index >= 15 is 0 Å². The normalized spacial score (nSPS) is 22.9. The maximum atomic E-state index is 12.0. The van der Waals surface area contributed by atoms with Crippen LogP contribution >= 0.6 is 0 Å². The number of hydrogen-bond donors (Lipinski definition) is 2. The molecule has 3 atom stereocenters. The SMILES string of the molecule is CC(C)C(NC(=O)[C@@H]1C[C@@H]1C(=O)O)c1ccccc1. The Bertz CT molecular complexity index is 470. The number of benzene rings is 1. The van der Waals surface area contributed by atoms with Crippen molar-refractivity contribution in [2.45, 2.75) is 26.3 Å². The maximum absolute atomic E-state index is 12.0. The fourth-order valence-electron chi connectivity index (χ4n) is 2.31. The molecule has 2 rings (SSSR count). The van der Waals surface area contributed by atoms with Gasteiger partial charge in [0.15, 0.2) is 0 Å². The van der Waals surface area contributed by atoms with Crippen molar-refractivity contribution < 1.29 is 14.7 Å². The van der Waals surface area contributed by atoms with Gasteiger partial charge in [-0.15, -0.1) is 0 Å². The minimum absolute atomic E-state index is 0.0660. The first-order valence-corrected chi connectivity index (χ1v) is 6.59. The molecule has 4 heteroatoms. The molecule has 1 aliphatic carbocycles. The number of carboxylic acid groups (broad SMARTS) is 1. The minimum Gasteiger partial charge on any atom is -0.481 e. The second-order valence-electron chi connectivity index (χ2n) is 5.43. The predicted molar refractivity (Wildman–Crippen MR) is 71.4 cm³/mol. The monoisotopic (exact) mass is 261 g/mol. The number of nitrogens with one attached hydrogen (secondary N) is 1. The molecule has 1 aromatic rings. The smallest absolute Gasteiger partial charge is 0.307 e. The van der Waals surface area contributed by atoms with E-state index in [1.807, 2.05) is 44.2 Å². The van der Waals surface area contributed by atoms with E-state index in [0.29, 0.717) is 6.42 Å². The van der Waals surface area contributed by atoms with Gasteiger partial charge in [0.2, 0.25) is 5.91 Å². The summed E-state index contributed by atoms with van der Waals surface area (Å²) in [6.07, 6.45) is 0.459. The molecule has 4 nitrogen and oxygen atoms in total. The van der Waals surface area contributed by atoms with Crippen molar-refractivity contribution in [2.75, 3.05) is 0 Å². The summed E-state index contributed by atoms with van der Waals surface area (Å²) in [6.45, 7) is 4.08. The van der Waals surface area contributed by atoms with E-state index in [0.717, 1.165) is 5.56 Å². The molecule has 0 bridgehead atoms. The molecule has 102 valence electrons. The lowest BCUT2D eigenvalue weighted by Gasteiger charge is -2.23. The van der Waals surface area contributed by atoms with Crippen LogP contribution in [0.4, 0.5) is 0 Å². The van der Waals surface area contributed by atoms with Gasteiger partial charge in [0.1, 0.15) is 0 Å². The fraction of sp³-hybridized carbons (Fsp3) is 0.467. The van der Waals surface area contributed by atoms with Gasteiger partial charge in [0, 0.05) is 0 Å². The number of aliphatic carboxylic acids is 1. The second kappa shape index (κ2) is 5.43. The lowest BCUT2D eigenvalue weighted by Crippen LogP contribution is -2.33. The van der Waals surface area contributed by atoms with Gasteiger partial charge >= 0.3 is 5.97 Å². The van der Waals surface area contributed by atoms with Crippen LogP contribution < -0.4 is 5.32 Å². The maximum Gasteiger partial charge on any atom is 0.307 e. The third kappa shape index (κ3) is 3.13. The van der Waals surface area contributed by atoms with E-state index in [-0.39, 0.29) is 23.8 Å². The summed E-state index contributed by atoms with van der Waals surface area (Å²) in [6, 6.07) is 9.70. The summed E-state index contributed by atoms with van der Waals surface area (Å²) in [7, 11) is 0. The highest BCUT2D eigenvalue weighted by atomic mass is 16.4.